The molecular weight excluding hydrogens is 228 g/mol. The second-order valence-electron chi connectivity index (χ2n) is 4.57. The van der Waals surface area contributed by atoms with Crippen molar-refractivity contribution in [1.29, 1.82) is 0 Å². The zero-order chi connectivity index (χ0) is 12.4. The zero-order valence-electron chi connectivity index (χ0n) is 10.1. The SMILES string of the molecule is O=C(c1ccc2[nH]ncc2c1)N1CCCNCC1. The van der Waals surface area contributed by atoms with Crippen LogP contribution in [0.5, 0.6) is 0 Å². The van der Waals surface area contributed by atoms with Gasteiger partial charge in [0, 0.05) is 30.6 Å². The van der Waals surface area contributed by atoms with Crippen molar-refractivity contribution in [2.45, 2.75) is 6.42 Å². The molecule has 1 aliphatic rings. The lowest BCUT2D eigenvalue weighted by Gasteiger charge is -2.19. The molecule has 0 spiro atoms. The van der Waals surface area contributed by atoms with Crippen LogP contribution >= 0.6 is 0 Å². The highest BCUT2D eigenvalue weighted by Crippen LogP contribution is 2.15. The fraction of sp³-hybridized carbons (Fsp3) is 0.385. The van der Waals surface area contributed by atoms with Crippen LogP contribution in [0.4, 0.5) is 0 Å². The molecule has 0 aliphatic carbocycles. The Kier molecular flexibility index (Phi) is 2.98. The molecule has 0 saturated carbocycles. The van der Waals surface area contributed by atoms with Crippen molar-refractivity contribution >= 4 is 16.8 Å². The monoisotopic (exact) mass is 244 g/mol. The number of fused-ring (bicyclic) bond motifs is 1. The fourth-order valence-electron chi connectivity index (χ4n) is 2.31. The Labute approximate surface area is 105 Å². The molecule has 1 aromatic carbocycles. The molecule has 5 nitrogen and oxygen atoms in total. The summed E-state index contributed by atoms with van der Waals surface area (Å²) in [5.74, 6) is 0.113. The van der Waals surface area contributed by atoms with E-state index >= 15 is 0 Å². The normalized spacial score (nSPS) is 16.8. The number of nitrogens with zero attached hydrogens (tertiary/aromatic N) is 2. The lowest BCUT2D eigenvalue weighted by atomic mass is 10.1. The smallest absolute Gasteiger partial charge is 0.253 e. The summed E-state index contributed by atoms with van der Waals surface area (Å²) in [5, 5.41) is 11.1. The van der Waals surface area contributed by atoms with Gasteiger partial charge in [0.05, 0.1) is 11.7 Å². The number of hydrogen-bond acceptors (Lipinski definition) is 3. The molecular formula is C13H16N4O. The van der Waals surface area contributed by atoms with Crippen molar-refractivity contribution in [2.75, 3.05) is 26.2 Å². The molecule has 5 heteroatoms. The van der Waals surface area contributed by atoms with Crippen LogP contribution in [0.15, 0.2) is 24.4 Å². The summed E-state index contributed by atoms with van der Waals surface area (Å²) in [7, 11) is 0. The molecule has 0 bridgehead atoms. The minimum Gasteiger partial charge on any atom is -0.337 e. The summed E-state index contributed by atoms with van der Waals surface area (Å²) in [6.07, 6.45) is 2.76. The van der Waals surface area contributed by atoms with Crippen LogP contribution in [0, 0.1) is 0 Å². The van der Waals surface area contributed by atoms with Crippen LogP contribution in [-0.4, -0.2) is 47.2 Å². The second-order valence-corrected chi connectivity index (χ2v) is 4.57. The van der Waals surface area contributed by atoms with E-state index in [9.17, 15) is 4.79 Å². The van der Waals surface area contributed by atoms with Gasteiger partial charge in [-0.15, -0.1) is 0 Å². The van der Waals surface area contributed by atoms with Crippen molar-refractivity contribution in [2.24, 2.45) is 0 Å². The summed E-state index contributed by atoms with van der Waals surface area (Å²) in [6, 6.07) is 5.67. The molecule has 18 heavy (non-hydrogen) atoms. The minimum absolute atomic E-state index is 0.113. The highest BCUT2D eigenvalue weighted by molar-refractivity contribution is 5.97. The average molecular weight is 244 g/mol. The van der Waals surface area contributed by atoms with Crippen LogP contribution in [-0.2, 0) is 0 Å². The third-order valence-electron chi connectivity index (χ3n) is 3.31. The molecule has 0 radical (unpaired) electrons. The number of nitrogens with one attached hydrogen (secondary N) is 2. The van der Waals surface area contributed by atoms with E-state index in [0.29, 0.717) is 0 Å². The summed E-state index contributed by atoms with van der Waals surface area (Å²) in [6.45, 7) is 3.47. The first-order chi connectivity index (χ1) is 8.84. The van der Waals surface area contributed by atoms with Crippen molar-refractivity contribution in [3.63, 3.8) is 0 Å². The van der Waals surface area contributed by atoms with Gasteiger partial charge in [0.1, 0.15) is 0 Å². The van der Waals surface area contributed by atoms with Gasteiger partial charge in [0.25, 0.3) is 5.91 Å². The van der Waals surface area contributed by atoms with E-state index < -0.39 is 0 Å². The maximum Gasteiger partial charge on any atom is 0.253 e. The van der Waals surface area contributed by atoms with Gasteiger partial charge in [-0.1, -0.05) is 0 Å². The highest BCUT2D eigenvalue weighted by atomic mass is 16.2. The molecule has 0 atom stereocenters. The maximum absolute atomic E-state index is 12.4. The van der Waals surface area contributed by atoms with Crippen LogP contribution in [0.1, 0.15) is 16.8 Å². The van der Waals surface area contributed by atoms with Crippen molar-refractivity contribution in [3.05, 3.63) is 30.0 Å². The van der Waals surface area contributed by atoms with Crippen molar-refractivity contribution in [3.8, 4) is 0 Å². The molecule has 2 N–H and O–H groups in total. The number of benzene rings is 1. The van der Waals surface area contributed by atoms with Crippen molar-refractivity contribution < 1.29 is 4.79 Å². The van der Waals surface area contributed by atoms with E-state index in [-0.39, 0.29) is 5.91 Å². The minimum atomic E-state index is 0.113. The summed E-state index contributed by atoms with van der Waals surface area (Å²) < 4.78 is 0. The Morgan fingerprint density at radius 2 is 2.22 bits per heavy atom. The number of aromatic amines is 1. The maximum atomic E-state index is 12.4. The molecule has 1 aromatic heterocycles. The van der Waals surface area contributed by atoms with E-state index in [0.717, 1.165) is 49.1 Å². The van der Waals surface area contributed by atoms with Gasteiger partial charge in [0.15, 0.2) is 0 Å². The fourth-order valence-corrected chi connectivity index (χ4v) is 2.31. The van der Waals surface area contributed by atoms with Crippen LogP contribution in [0.25, 0.3) is 10.9 Å². The number of carbonyl (C=O) groups excluding carboxylic acids is 1. The van der Waals surface area contributed by atoms with Gasteiger partial charge >= 0.3 is 0 Å². The molecule has 1 amide bonds. The predicted octanol–water partition coefficient (Wildman–Crippen LogP) is 0.998. The first kappa shape index (κ1) is 11.2. The third-order valence-corrected chi connectivity index (χ3v) is 3.31. The van der Waals surface area contributed by atoms with E-state index in [1.54, 1.807) is 6.20 Å². The summed E-state index contributed by atoms with van der Waals surface area (Å²) in [5.41, 5.74) is 1.70. The third kappa shape index (κ3) is 2.09. The van der Waals surface area contributed by atoms with E-state index in [1.165, 1.54) is 0 Å². The lowest BCUT2D eigenvalue weighted by molar-refractivity contribution is 0.0766. The van der Waals surface area contributed by atoms with Gasteiger partial charge in [0.2, 0.25) is 0 Å². The molecule has 0 unspecified atom stereocenters. The topological polar surface area (TPSA) is 61.0 Å². The van der Waals surface area contributed by atoms with Crippen LogP contribution in [0.3, 0.4) is 0 Å². The zero-order valence-corrected chi connectivity index (χ0v) is 10.1. The number of aromatic nitrogens is 2. The molecule has 2 heterocycles. The van der Waals surface area contributed by atoms with Gasteiger partial charge in [-0.05, 0) is 31.2 Å². The quantitative estimate of drug-likeness (QED) is 0.786. The number of amides is 1. The van der Waals surface area contributed by atoms with E-state index in [2.05, 4.69) is 15.5 Å². The number of H-pyrrole nitrogens is 1. The Morgan fingerprint density at radius 1 is 1.28 bits per heavy atom. The molecule has 94 valence electrons. The standard InChI is InChI=1S/C13H16N4O/c18-13(17-6-1-4-14-5-7-17)10-2-3-12-11(8-10)9-15-16-12/h2-3,8-9,14H,1,4-7H2,(H,15,16). The Bertz CT molecular complexity index is 555. The van der Waals surface area contributed by atoms with Gasteiger partial charge < -0.3 is 10.2 Å². The first-order valence-corrected chi connectivity index (χ1v) is 6.28. The highest BCUT2D eigenvalue weighted by Gasteiger charge is 2.17. The molecule has 2 aromatic rings. The largest absolute Gasteiger partial charge is 0.337 e. The van der Waals surface area contributed by atoms with Crippen molar-refractivity contribution in [1.82, 2.24) is 20.4 Å². The predicted molar refractivity (Wildman–Crippen MR) is 69.5 cm³/mol. The first-order valence-electron chi connectivity index (χ1n) is 6.28. The Hall–Kier alpha value is -1.88. The molecule has 1 aliphatic heterocycles. The Morgan fingerprint density at radius 3 is 3.17 bits per heavy atom. The van der Waals surface area contributed by atoms with Crippen LogP contribution in [0.2, 0.25) is 0 Å². The van der Waals surface area contributed by atoms with Gasteiger partial charge in [-0.25, -0.2) is 0 Å². The number of carbonyl (C=O) groups is 1. The number of hydrogen-bond donors (Lipinski definition) is 2. The van der Waals surface area contributed by atoms with Gasteiger partial charge in [-0.2, -0.15) is 5.10 Å². The lowest BCUT2D eigenvalue weighted by Crippen LogP contribution is -2.34. The van der Waals surface area contributed by atoms with E-state index in [4.69, 9.17) is 0 Å². The molecule has 1 saturated heterocycles. The number of rotatable bonds is 1. The average Bonchev–Trinajstić information content (AvgIpc) is 2.69. The Balaban J connectivity index is 1.85. The van der Waals surface area contributed by atoms with Gasteiger partial charge in [-0.3, -0.25) is 9.89 Å². The second kappa shape index (κ2) is 4.78. The molecule has 1 fully saturated rings. The van der Waals surface area contributed by atoms with Crippen LogP contribution < -0.4 is 5.32 Å². The summed E-state index contributed by atoms with van der Waals surface area (Å²) >= 11 is 0. The van der Waals surface area contributed by atoms with E-state index in [1.807, 2.05) is 23.1 Å². The molecule has 3 rings (SSSR count). The summed E-state index contributed by atoms with van der Waals surface area (Å²) in [4.78, 5) is 14.3.